The molecule has 2 N–H and O–H groups in total. The van der Waals surface area contributed by atoms with Crippen molar-refractivity contribution in [2.45, 2.75) is 6.92 Å². The summed E-state index contributed by atoms with van der Waals surface area (Å²) in [6.45, 7) is 3.03. The molecule has 0 atom stereocenters. The molecule has 0 bridgehead atoms. The number of hydrogen-bond donors (Lipinski definition) is 2. The van der Waals surface area contributed by atoms with Crippen LogP contribution in [0.2, 0.25) is 5.02 Å². The quantitative estimate of drug-likeness (QED) is 0.801. The van der Waals surface area contributed by atoms with Crippen molar-refractivity contribution < 1.29 is 9.13 Å². The maximum atomic E-state index is 13.1. The number of benzene rings is 1. The molecule has 0 spiro atoms. The maximum Gasteiger partial charge on any atom is 0.141 e. The van der Waals surface area contributed by atoms with E-state index in [1.54, 1.807) is 26.2 Å². The second kappa shape index (κ2) is 7.19. The van der Waals surface area contributed by atoms with E-state index in [0.717, 1.165) is 0 Å². The summed E-state index contributed by atoms with van der Waals surface area (Å²) in [5, 5.41) is 6.26. The van der Waals surface area contributed by atoms with Crippen LogP contribution in [0.1, 0.15) is 5.82 Å². The van der Waals surface area contributed by atoms with Crippen LogP contribution < -0.4 is 10.6 Å². The lowest BCUT2D eigenvalue weighted by molar-refractivity contribution is 0.210. The summed E-state index contributed by atoms with van der Waals surface area (Å²) in [4.78, 5) is 8.55. The molecular formula is C14H16ClFN4O. The molecule has 0 saturated heterocycles. The number of nitrogens with zero attached hydrogens (tertiary/aromatic N) is 2. The number of hydrogen-bond acceptors (Lipinski definition) is 5. The highest BCUT2D eigenvalue weighted by Crippen LogP contribution is 2.22. The topological polar surface area (TPSA) is 59.1 Å². The van der Waals surface area contributed by atoms with Crippen molar-refractivity contribution >= 4 is 28.9 Å². The van der Waals surface area contributed by atoms with E-state index >= 15 is 0 Å². The number of aryl methyl sites for hydroxylation is 1. The lowest BCUT2D eigenvalue weighted by Gasteiger charge is -2.10. The Balaban J connectivity index is 2.13. The molecule has 21 heavy (non-hydrogen) atoms. The first kappa shape index (κ1) is 15.5. The minimum absolute atomic E-state index is 0.0595. The van der Waals surface area contributed by atoms with Crippen LogP contribution in [0.4, 0.5) is 21.7 Å². The average Bonchev–Trinajstić information content (AvgIpc) is 2.43. The van der Waals surface area contributed by atoms with E-state index in [1.807, 2.05) is 0 Å². The highest BCUT2D eigenvalue weighted by atomic mass is 35.5. The fraction of sp³-hybridized carbons (Fsp3) is 0.286. The molecule has 0 fully saturated rings. The third kappa shape index (κ3) is 4.54. The molecule has 0 aliphatic carbocycles. The van der Waals surface area contributed by atoms with E-state index in [1.165, 1.54) is 12.1 Å². The number of methoxy groups -OCH3 is 1. The predicted octanol–water partition coefficient (Wildman–Crippen LogP) is 3.38. The molecule has 7 heteroatoms. The van der Waals surface area contributed by atoms with Crippen molar-refractivity contribution in [2.75, 3.05) is 30.9 Å². The lowest BCUT2D eigenvalue weighted by Crippen LogP contribution is -2.10. The Bertz CT molecular complexity index is 624. The second-order valence-corrected chi connectivity index (χ2v) is 4.77. The Kier molecular flexibility index (Phi) is 5.30. The lowest BCUT2D eigenvalue weighted by atomic mass is 10.3. The number of nitrogens with one attached hydrogen (secondary N) is 2. The summed E-state index contributed by atoms with van der Waals surface area (Å²) in [5.41, 5.74) is 0.655. The molecule has 2 rings (SSSR count). The minimum Gasteiger partial charge on any atom is -0.383 e. The summed E-state index contributed by atoms with van der Waals surface area (Å²) in [7, 11) is 1.64. The first-order valence-electron chi connectivity index (χ1n) is 6.39. The molecule has 0 amide bonds. The standard InChI is InChI=1S/C14H16ClFN4O/c1-9-18-13(17-5-6-21-2)8-14(19-9)20-10-3-4-12(16)11(15)7-10/h3-4,7-8H,5-6H2,1-2H3,(H2,17,18,19,20). The van der Waals surface area contributed by atoms with Crippen molar-refractivity contribution in [1.82, 2.24) is 9.97 Å². The van der Waals surface area contributed by atoms with E-state index in [4.69, 9.17) is 16.3 Å². The van der Waals surface area contributed by atoms with E-state index < -0.39 is 5.82 Å². The summed E-state index contributed by atoms with van der Waals surface area (Å²) < 4.78 is 18.1. The molecule has 0 radical (unpaired) electrons. The van der Waals surface area contributed by atoms with Crippen LogP contribution >= 0.6 is 11.6 Å². The van der Waals surface area contributed by atoms with Gasteiger partial charge in [0.2, 0.25) is 0 Å². The molecule has 2 aromatic rings. The predicted molar refractivity (Wildman–Crippen MR) is 81.8 cm³/mol. The molecule has 0 saturated carbocycles. The Morgan fingerprint density at radius 1 is 1.24 bits per heavy atom. The summed E-state index contributed by atoms with van der Waals surface area (Å²) in [6.07, 6.45) is 0. The van der Waals surface area contributed by atoms with Gasteiger partial charge >= 0.3 is 0 Å². The zero-order valence-electron chi connectivity index (χ0n) is 11.8. The molecule has 5 nitrogen and oxygen atoms in total. The average molecular weight is 311 g/mol. The third-order valence-corrected chi connectivity index (χ3v) is 2.93. The van der Waals surface area contributed by atoms with Gasteiger partial charge in [0, 0.05) is 25.4 Å². The molecule has 112 valence electrons. The third-order valence-electron chi connectivity index (χ3n) is 2.64. The van der Waals surface area contributed by atoms with Gasteiger partial charge in [0.05, 0.1) is 11.6 Å². The van der Waals surface area contributed by atoms with Gasteiger partial charge in [0.15, 0.2) is 0 Å². The van der Waals surface area contributed by atoms with Gasteiger partial charge in [-0.1, -0.05) is 11.6 Å². The summed E-state index contributed by atoms with van der Waals surface area (Å²) in [6, 6.07) is 6.17. The van der Waals surface area contributed by atoms with Crippen LogP contribution in [-0.2, 0) is 4.74 Å². The fourth-order valence-electron chi connectivity index (χ4n) is 1.73. The first-order chi connectivity index (χ1) is 10.1. The maximum absolute atomic E-state index is 13.1. The number of rotatable bonds is 6. The Labute approximate surface area is 127 Å². The van der Waals surface area contributed by atoms with Crippen molar-refractivity contribution in [3.63, 3.8) is 0 Å². The number of ether oxygens (including phenoxy) is 1. The zero-order valence-corrected chi connectivity index (χ0v) is 12.5. The highest BCUT2D eigenvalue weighted by Gasteiger charge is 2.05. The van der Waals surface area contributed by atoms with Crippen molar-refractivity contribution in [2.24, 2.45) is 0 Å². The Morgan fingerprint density at radius 2 is 2.00 bits per heavy atom. The summed E-state index contributed by atoms with van der Waals surface area (Å²) >= 11 is 5.75. The number of halogens is 2. The SMILES string of the molecule is COCCNc1cc(Nc2ccc(F)c(Cl)c2)nc(C)n1. The van der Waals surface area contributed by atoms with Gasteiger partial charge in [-0.05, 0) is 25.1 Å². The van der Waals surface area contributed by atoms with Gasteiger partial charge < -0.3 is 15.4 Å². The molecule has 1 heterocycles. The van der Waals surface area contributed by atoms with E-state index in [2.05, 4.69) is 20.6 Å². The smallest absolute Gasteiger partial charge is 0.141 e. The minimum atomic E-state index is -0.456. The van der Waals surface area contributed by atoms with Crippen molar-refractivity contribution in [3.05, 3.63) is 40.9 Å². The van der Waals surface area contributed by atoms with Gasteiger partial charge in [-0.3, -0.25) is 0 Å². The fourth-order valence-corrected chi connectivity index (χ4v) is 1.91. The van der Waals surface area contributed by atoms with Gasteiger partial charge in [-0.25, -0.2) is 14.4 Å². The monoisotopic (exact) mass is 310 g/mol. The largest absolute Gasteiger partial charge is 0.383 e. The summed E-state index contributed by atoms with van der Waals surface area (Å²) in [5.74, 6) is 1.46. The van der Waals surface area contributed by atoms with Crippen LogP contribution in [0, 0.1) is 12.7 Å². The van der Waals surface area contributed by atoms with Gasteiger partial charge in [-0.2, -0.15) is 0 Å². The molecule has 1 aromatic carbocycles. The zero-order chi connectivity index (χ0) is 15.2. The molecule has 0 aliphatic heterocycles. The van der Waals surface area contributed by atoms with E-state index in [0.29, 0.717) is 36.3 Å². The Morgan fingerprint density at radius 3 is 2.71 bits per heavy atom. The molecule has 0 aliphatic rings. The Hall–Kier alpha value is -1.92. The second-order valence-electron chi connectivity index (χ2n) is 4.36. The van der Waals surface area contributed by atoms with Crippen LogP contribution in [0.15, 0.2) is 24.3 Å². The number of anilines is 3. The number of aromatic nitrogens is 2. The van der Waals surface area contributed by atoms with Crippen molar-refractivity contribution in [3.8, 4) is 0 Å². The van der Waals surface area contributed by atoms with Crippen LogP contribution in [0.25, 0.3) is 0 Å². The first-order valence-corrected chi connectivity index (χ1v) is 6.77. The van der Waals surface area contributed by atoms with Crippen LogP contribution in [-0.4, -0.2) is 30.2 Å². The van der Waals surface area contributed by atoms with Crippen LogP contribution in [0.5, 0.6) is 0 Å². The van der Waals surface area contributed by atoms with Gasteiger partial charge in [-0.15, -0.1) is 0 Å². The van der Waals surface area contributed by atoms with Gasteiger partial charge in [0.1, 0.15) is 23.3 Å². The normalized spacial score (nSPS) is 10.5. The molecule has 0 unspecified atom stereocenters. The van der Waals surface area contributed by atoms with E-state index in [-0.39, 0.29) is 5.02 Å². The van der Waals surface area contributed by atoms with Crippen LogP contribution in [0.3, 0.4) is 0 Å². The highest BCUT2D eigenvalue weighted by molar-refractivity contribution is 6.31. The molecule has 1 aromatic heterocycles. The van der Waals surface area contributed by atoms with Crippen molar-refractivity contribution in [1.29, 1.82) is 0 Å². The van der Waals surface area contributed by atoms with Gasteiger partial charge in [0.25, 0.3) is 0 Å². The molecular weight excluding hydrogens is 295 g/mol. The van der Waals surface area contributed by atoms with E-state index in [9.17, 15) is 4.39 Å².